The van der Waals surface area contributed by atoms with Gasteiger partial charge in [0.2, 0.25) is 5.88 Å². The Morgan fingerprint density at radius 1 is 1.24 bits per heavy atom. The molecule has 0 spiro atoms. The molecule has 150 valence electrons. The first-order valence-electron chi connectivity index (χ1n) is 9.63. The summed E-state index contributed by atoms with van der Waals surface area (Å²) >= 11 is 0. The van der Waals surface area contributed by atoms with Crippen molar-refractivity contribution in [3.05, 3.63) is 49.1 Å². The van der Waals surface area contributed by atoms with E-state index in [4.69, 9.17) is 4.74 Å². The molecule has 7 nitrogen and oxygen atoms in total. The Hall–Kier alpha value is -3.00. The molecule has 0 amide bonds. The lowest BCUT2D eigenvalue weighted by Gasteiger charge is -2.38. The summed E-state index contributed by atoms with van der Waals surface area (Å²) in [6, 6.07) is 8.69. The molecule has 5 rings (SSSR count). The van der Waals surface area contributed by atoms with Crippen molar-refractivity contribution in [3.8, 4) is 28.6 Å². The van der Waals surface area contributed by atoms with E-state index in [0.717, 1.165) is 18.7 Å². The van der Waals surface area contributed by atoms with Gasteiger partial charge in [0.25, 0.3) is 0 Å². The number of hydrogen-bond acceptors (Lipinski definition) is 6. The second-order valence-electron chi connectivity index (χ2n) is 8.11. The Morgan fingerprint density at radius 2 is 2.10 bits per heavy atom. The average molecular weight is 395 g/mol. The van der Waals surface area contributed by atoms with Gasteiger partial charge in [-0.05, 0) is 38.6 Å². The maximum absolute atomic E-state index is 14.9. The van der Waals surface area contributed by atoms with Crippen LogP contribution < -0.4 is 4.74 Å². The Labute approximate surface area is 167 Å². The zero-order valence-corrected chi connectivity index (χ0v) is 16.2. The van der Waals surface area contributed by atoms with Crippen LogP contribution in [0.15, 0.2) is 49.1 Å². The molecule has 1 aliphatic carbocycles. The second-order valence-corrected chi connectivity index (χ2v) is 8.11. The minimum absolute atomic E-state index is 0.0899. The minimum Gasteiger partial charge on any atom is -0.507 e. The average Bonchev–Trinajstić information content (AvgIpc) is 3.40. The molecule has 1 aliphatic heterocycles. The molecule has 8 heteroatoms. The smallest absolute Gasteiger partial charge is 0.233 e. The molecule has 3 heterocycles. The number of alkyl halides is 1. The summed E-state index contributed by atoms with van der Waals surface area (Å²) in [5.41, 5.74) is 1.40. The number of phenolic OH excluding ortho intramolecular Hbond substituents is 1. The number of halogens is 1. The molecule has 1 saturated heterocycles. The fraction of sp³-hybridized carbons (Fsp3) is 0.381. The van der Waals surface area contributed by atoms with Gasteiger partial charge in [-0.15, -0.1) is 10.2 Å². The van der Waals surface area contributed by atoms with Crippen LogP contribution in [0.3, 0.4) is 0 Å². The van der Waals surface area contributed by atoms with E-state index in [1.54, 1.807) is 47.6 Å². The van der Waals surface area contributed by atoms with Crippen molar-refractivity contribution in [3.63, 3.8) is 0 Å². The van der Waals surface area contributed by atoms with Crippen LogP contribution in [0.4, 0.5) is 4.39 Å². The summed E-state index contributed by atoms with van der Waals surface area (Å²) in [5.74, 6) is 0.544. The van der Waals surface area contributed by atoms with Crippen LogP contribution in [0.25, 0.3) is 16.9 Å². The molecule has 3 aromatic rings. The predicted octanol–water partition coefficient (Wildman–Crippen LogP) is 2.84. The number of hydrogen-bond donors (Lipinski definition) is 1. The monoisotopic (exact) mass is 395 g/mol. The number of likely N-dealkylation sites (tertiary alicyclic amines) is 1. The maximum Gasteiger partial charge on any atom is 0.233 e. The number of aromatic nitrogens is 4. The third kappa shape index (κ3) is 2.86. The van der Waals surface area contributed by atoms with Gasteiger partial charge in [-0.3, -0.25) is 4.90 Å². The van der Waals surface area contributed by atoms with Gasteiger partial charge in [0.15, 0.2) is 6.17 Å². The Kier molecular flexibility index (Phi) is 4.06. The van der Waals surface area contributed by atoms with E-state index in [0.29, 0.717) is 17.1 Å². The van der Waals surface area contributed by atoms with Crippen LogP contribution in [0.1, 0.15) is 13.3 Å². The van der Waals surface area contributed by atoms with Crippen LogP contribution in [-0.2, 0) is 0 Å². The summed E-state index contributed by atoms with van der Waals surface area (Å²) in [6.07, 6.45) is 4.36. The van der Waals surface area contributed by atoms with E-state index in [1.807, 2.05) is 20.0 Å². The van der Waals surface area contributed by atoms with Crippen LogP contribution in [-0.4, -0.2) is 61.2 Å². The van der Waals surface area contributed by atoms with E-state index in [-0.39, 0.29) is 11.7 Å². The Bertz CT molecular complexity index is 1030. The molecule has 2 bridgehead atoms. The van der Waals surface area contributed by atoms with Gasteiger partial charge < -0.3 is 14.4 Å². The second kappa shape index (κ2) is 6.52. The minimum atomic E-state index is -1.06. The number of imidazole rings is 1. The number of phenols is 1. The summed E-state index contributed by atoms with van der Waals surface area (Å²) in [6.45, 7) is 2.77. The predicted molar refractivity (Wildman–Crippen MR) is 105 cm³/mol. The lowest BCUT2D eigenvalue weighted by Crippen LogP contribution is -2.54. The van der Waals surface area contributed by atoms with Gasteiger partial charge >= 0.3 is 0 Å². The van der Waals surface area contributed by atoms with Crippen molar-refractivity contribution in [1.82, 2.24) is 24.6 Å². The molecule has 2 aromatic heterocycles. The fourth-order valence-electron chi connectivity index (χ4n) is 4.58. The lowest BCUT2D eigenvalue weighted by molar-refractivity contribution is -0.0143. The molecule has 4 atom stereocenters. The normalized spacial score (nSPS) is 28.7. The van der Waals surface area contributed by atoms with Crippen molar-refractivity contribution in [2.24, 2.45) is 5.92 Å². The number of ether oxygens (including phenoxy) is 1. The quantitative estimate of drug-likeness (QED) is 0.732. The van der Waals surface area contributed by atoms with Crippen LogP contribution in [0, 0.1) is 5.92 Å². The number of piperidine rings is 1. The first-order chi connectivity index (χ1) is 14.0. The largest absolute Gasteiger partial charge is 0.507 e. The van der Waals surface area contributed by atoms with Crippen molar-refractivity contribution in [2.45, 2.75) is 31.2 Å². The Balaban J connectivity index is 1.34. The molecule has 1 N–H and O–H groups in total. The molecule has 1 aromatic carbocycles. The number of rotatable bonds is 4. The van der Waals surface area contributed by atoms with Gasteiger partial charge in [0.05, 0.1) is 23.2 Å². The van der Waals surface area contributed by atoms with E-state index in [2.05, 4.69) is 20.1 Å². The number of nitrogens with zero attached hydrogens (tertiary/aromatic N) is 5. The zero-order valence-electron chi connectivity index (χ0n) is 16.2. The van der Waals surface area contributed by atoms with Crippen LogP contribution >= 0.6 is 0 Å². The highest BCUT2D eigenvalue weighted by molar-refractivity contribution is 5.68. The molecule has 1 saturated carbocycles. The molecule has 0 radical (unpaired) electrons. The lowest BCUT2D eigenvalue weighted by atomic mass is 9.97. The maximum atomic E-state index is 14.9. The van der Waals surface area contributed by atoms with Gasteiger partial charge in [-0.25, -0.2) is 9.37 Å². The standard InChI is InChI=1S/C21H22FN5O2/c1-21-10-13(11-26(21)2)19(20(21)22)29-18-6-5-16(24-25-18)15-4-3-14(9-17(15)28)27-8-7-23-12-27/h3-9,12-13,19-20,28H,10-11H2,1-2H3/t13-,19-,20-,21-/m0/s1. The van der Waals surface area contributed by atoms with Gasteiger partial charge in [-0.1, -0.05) is 0 Å². The summed E-state index contributed by atoms with van der Waals surface area (Å²) in [5, 5.41) is 18.7. The van der Waals surface area contributed by atoms with Gasteiger partial charge in [0, 0.05) is 42.6 Å². The summed E-state index contributed by atoms with van der Waals surface area (Å²) < 4.78 is 22.6. The molecule has 29 heavy (non-hydrogen) atoms. The third-order valence-electron chi connectivity index (χ3n) is 6.36. The topological polar surface area (TPSA) is 76.3 Å². The summed E-state index contributed by atoms with van der Waals surface area (Å²) in [7, 11) is 1.96. The first kappa shape index (κ1) is 18.1. The van der Waals surface area contributed by atoms with E-state index >= 15 is 0 Å². The Morgan fingerprint density at radius 3 is 2.72 bits per heavy atom. The number of aromatic hydroxyl groups is 1. The van der Waals surface area contributed by atoms with Crippen molar-refractivity contribution in [1.29, 1.82) is 0 Å². The highest BCUT2D eigenvalue weighted by Crippen LogP contribution is 2.48. The van der Waals surface area contributed by atoms with E-state index in [9.17, 15) is 9.50 Å². The number of benzene rings is 1. The molecule has 2 fully saturated rings. The summed E-state index contributed by atoms with van der Waals surface area (Å²) in [4.78, 5) is 6.08. The van der Waals surface area contributed by atoms with Gasteiger partial charge in [-0.2, -0.15) is 0 Å². The SMILES string of the molecule is CN1C[C@@H]2C[C@@]1(C)[C@@H](F)[C@H]2Oc1ccc(-c2ccc(-n3ccnc3)cc2O)nn1. The first-order valence-corrected chi connectivity index (χ1v) is 9.63. The third-order valence-corrected chi connectivity index (χ3v) is 6.36. The fourth-order valence-corrected chi connectivity index (χ4v) is 4.58. The van der Waals surface area contributed by atoms with Crippen molar-refractivity contribution < 1.29 is 14.2 Å². The molecule has 0 unspecified atom stereocenters. The molecular formula is C21H22FN5O2. The van der Waals surface area contributed by atoms with Crippen molar-refractivity contribution in [2.75, 3.05) is 13.6 Å². The van der Waals surface area contributed by atoms with E-state index in [1.165, 1.54) is 0 Å². The number of fused-ring (bicyclic) bond motifs is 2. The zero-order chi connectivity index (χ0) is 20.2. The molecule has 2 aliphatic rings. The van der Waals surface area contributed by atoms with Crippen LogP contribution in [0.2, 0.25) is 0 Å². The van der Waals surface area contributed by atoms with Gasteiger partial charge in [0.1, 0.15) is 11.9 Å². The van der Waals surface area contributed by atoms with E-state index < -0.39 is 17.8 Å². The van der Waals surface area contributed by atoms with Crippen molar-refractivity contribution >= 4 is 0 Å². The highest BCUT2D eigenvalue weighted by Gasteiger charge is 2.60. The molecular weight excluding hydrogens is 373 g/mol. The van der Waals surface area contributed by atoms with Crippen LogP contribution in [0.5, 0.6) is 11.6 Å². The highest BCUT2D eigenvalue weighted by atomic mass is 19.1.